The largest absolute Gasteiger partial charge is 0.481 e. The number of benzene rings is 1. The average Bonchev–Trinajstić information content (AvgIpc) is 2.57. The summed E-state index contributed by atoms with van der Waals surface area (Å²) in [5.41, 5.74) is 10.2. The van der Waals surface area contributed by atoms with Gasteiger partial charge in [0.05, 0.1) is 5.52 Å². The summed E-state index contributed by atoms with van der Waals surface area (Å²) in [5, 5.41) is 10.9. The first-order valence-electron chi connectivity index (χ1n) is 8.71. The molecule has 130 valence electrons. The van der Waals surface area contributed by atoms with Crippen LogP contribution in [0.5, 0.6) is 0 Å². The molecule has 0 aliphatic heterocycles. The van der Waals surface area contributed by atoms with Gasteiger partial charge in [-0.2, -0.15) is 0 Å². The van der Waals surface area contributed by atoms with Crippen LogP contribution < -0.4 is 5.73 Å². The van der Waals surface area contributed by atoms with Crippen molar-refractivity contribution in [1.29, 1.82) is 0 Å². The van der Waals surface area contributed by atoms with E-state index in [1.807, 2.05) is 13.0 Å². The van der Waals surface area contributed by atoms with Crippen molar-refractivity contribution in [2.75, 3.05) is 5.73 Å². The molecule has 0 atom stereocenters. The van der Waals surface area contributed by atoms with Crippen LogP contribution >= 0.6 is 0 Å². The number of anilines is 1. The molecule has 0 radical (unpaired) electrons. The summed E-state index contributed by atoms with van der Waals surface area (Å²) in [7, 11) is 0. The van der Waals surface area contributed by atoms with Crippen molar-refractivity contribution >= 4 is 33.6 Å². The number of rotatable bonds is 7. The van der Waals surface area contributed by atoms with Crippen LogP contribution in [0.4, 0.5) is 5.82 Å². The number of aliphatic carboxylic acids is 1. The third-order valence-electron chi connectivity index (χ3n) is 4.53. The number of aryl methyl sites for hydroxylation is 2. The first kappa shape index (κ1) is 17.1. The highest BCUT2D eigenvalue weighted by molar-refractivity contribution is 6.09. The van der Waals surface area contributed by atoms with E-state index in [9.17, 15) is 4.79 Å². The van der Waals surface area contributed by atoms with E-state index in [2.05, 4.69) is 28.2 Å². The molecule has 1 aromatic carbocycles. The summed E-state index contributed by atoms with van der Waals surface area (Å²) >= 11 is 0. The van der Waals surface area contributed by atoms with E-state index in [1.165, 1.54) is 5.56 Å². The molecule has 0 unspecified atom stereocenters. The normalized spacial score (nSPS) is 11.2. The lowest BCUT2D eigenvalue weighted by Gasteiger charge is -2.11. The van der Waals surface area contributed by atoms with Gasteiger partial charge in [-0.05, 0) is 49.4 Å². The molecule has 0 saturated carbocycles. The summed E-state index contributed by atoms with van der Waals surface area (Å²) in [6, 6.07) is 8.28. The lowest BCUT2D eigenvalue weighted by atomic mass is 9.98. The van der Waals surface area contributed by atoms with Crippen molar-refractivity contribution in [3.63, 3.8) is 0 Å². The van der Waals surface area contributed by atoms with Crippen LogP contribution in [0, 0.1) is 6.92 Å². The van der Waals surface area contributed by atoms with Crippen molar-refractivity contribution in [3.8, 4) is 0 Å². The fourth-order valence-corrected chi connectivity index (χ4v) is 3.28. The Labute approximate surface area is 146 Å². The Morgan fingerprint density at radius 2 is 1.96 bits per heavy atom. The number of unbranched alkanes of at least 4 members (excludes halogenated alkanes) is 3. The van der Waals surface area contributed by atoms with Crippen LogP contribution in [0.15, 0.2) is 30.5 Å². The zero-order valence-electron chi connectivity index (χ0n) is 14.5. The number of hydrogen-bond donors (Lipinski definition) is 2. The molecule has 0 aliphatic rings. The second-order valence-corrected chi connectivity index (χ2v) is 6.52. The summed E-state index contributed by atoms with van der Waals surface area (Å²) < 4.78 is 0. The van der Waals surface area contributed by atoms with E-state index < -0.39 is 5.97 Å². The molecule has 3 aromatic rings. The van der Waals surface area contributed by atoms with Gasteiger partial charge in [-0.15, -0.1) is 0 Å². The van der Waals surface area contributed by atoms with Gasteiger partial charge in [0.25, 0.3) is 0 Å². The Hall–Kier alpha value is -2.69. The predicted molar refractivity (Wildman–Crippen MR) is 101 cm³/mol. The summed E-state index contributed by atoms with van der Waals surface area (Å²) in [4.78, 5) is 19.5. The highest BCUT2D eigenvalue weighted by Crippen LogP contribution is 2.30. The molecule has 3 rings (SSSR count). The monoisotopic (exact) mass is 337 g/mol. The van der Waals surface area contributed by atoms with Crippen molar-refractivity contribution in [3.05, 3.63) is 41.6 Å². The first-order chi connectivity index (χ1) is 12.1. The van der Waals surface area contributed by atoms with Gasteiger partial charge < -0.3 is 10.8 Å². The van der Waals surface area contributed by atoms with Crippen LogP contribution in [0.2, 0.25) is 0 Å². The number of hydrogen-bond acceptors (Lipinski definition) is 4. The minimum absolute atomic E-state index is 0.254. The van der Waals surface area contributed by atoms with Crippen LogP contribution in [0.3, 0.4) is 0 Å². The van der Waals surface area contributed by atoms with Crippen LogP contribution in [0.1, 0.15) is 43.2 Å². The maximum atomic E-state index is 10.6. The first-order valence-corrected chi connectivity index (χ1v) is 8.71. The number of pyridine rings is 2. The molecule has 0 bridgehead atoms. The average molecular weight is 337 g/mol. The number of nitrogens with zero attached hydrogens (tertiary/aromatic N) is 2. The lowest BCUT2D eigenvalue weighted by Crippen LogP contribution is -1.99. The molecule has 25 heavy (non-hydrogen) atoms. The van der Waals surface area contributed by atoms with E-state index in [0.29, 0.717) is 5.82 Å². The zero-order chi connectivity index (χ0) is 17.8. The molecule has 5 nitrogen and oxygen atoms in total. The quantitative estimate of drug-likeness (QED) is 0.497. The Kier molecular flexibility index (Phi) is 5.12. The van der Waals surface area contributed by atoms with Crippen molar-refractivity contribution in [1.82, 2.24) is 9.97 Å². The van der Waals surface area contributed by atoms with Gasteiger partial charge in [-0.3, -0.25) is 9.78 Å². The topological polar surface area (TPSA) is 89.1 Å². The molecule has 0 aliphatic carbocycles. The second kappa shape index (κ2) is 7.47. The fraction of sp³-hybridized carbons (Fsp3) is 0.350. The molecule has 3 N–H and O–H groups in total. The Balaban J connectivity index is 1.85. The van der Waals surface area contributed by atoms with E-state index in [-0.39, 0.29) is 6.42 Å². The summed E-state index contributed by atoms with van der Waals surface area (Å²) in [6.45, 7) is 2.04. The van der Waals surface area contributed by atoms with Gasteiger partial charge in [0.2, 0.25) is 0 Å². The Morgan fingerprint density at radius 1 is 1.16 bits per heavy atom. The molecule has 0 amide bonds. The third kappa shape index (κ3) is 3.87. The molecule has 0 fully saturated rings. The van der Waals surface area contributed by atoms with Crippen LogP contribution in [-0.4, -0.2) is 21.0 Å². The second-order valence-electron chi connectivity index (χ2n) is 6.52. The van der Waals surface area contributed by atoms with E-state index in [4.69, 9.17) is 10.8 Å². The van der Waals surface area contributed by atoms with E-state index in [0.717, 1.165) is 59.5 Å². The predicted octanol–water partition coefficient (Wildman–Crippen LogP) is 4.25. The molecule has 5 heteroatoms. The standard InChI is InChI=1S/C20H23N3O2/c1-13-8-9-15-16(12-13)23-20(21)19-18(15)14(10-11-22-19)6-4-2-3-5-7-17(24)25/h8-12H,2-7H2,1H3,(H2,21,23)(H,24,25). The molecule has 2 heterocycles. The van der Waals surface area contributed by atoms with Crippen molar-refractivity contribution in [2.24, 2.45) is 0 Å². The van der Waals surface area contributed by atoms with Crippen molar-refractivity contribution in [2.45, 2.75) is 45.4 Å². The Morgan fingerprint density at radius 3 is 2.76 bits per heavy atom. The molecule has 2 aromatic heterocycles. The van der Waals surface area contributed by atoms with Gasteiger partial charge in [0.1, 0.15) is 5.52 Å². The number of nitrogen functional groups attached to an aromatic ring is 1. The number of carboxylic acids is 1. The SMILES string of the molecule is Cc1ccc2c(c1)nc(N)c1nccc(CCCCCCC(=O)O)c12. The van der Waals surface area contributed by atoms with Crippen molar-refractivity contribution < 1.29 is 9.90 Å². The zero-order valence-corrected chi connectivity index (χ0v) is 14.5. The number of carbonyl (C=O) groups is 1. The summed E-state index contributed by atoms with van der Waals surface area (Å²) in [6.07, 6.45) is 6.70. The molecular formula is C20H23N3O2. The molecule has 0 spiro atoms. The van der Waals surface area contributed by atoms with Gasteiger partial charge in [-0.1, -0.05) is 25.0 Å². The minimum Gasteiger partial charge on any atom is -0.481 e. The Bertz CT molecular complexity index is 922. The van der Waals surface area contributed by atoms with Gasteiger partial charge in [0.15, 0.2) is 5.82 Å². The van der Waals surface area contributed by atoms with Gasteiger partial charge in [0, 0.05) is 23.4 Å². The maximum absolute atomic E-state index is 10.6. The van der Waals surface area contributed by atoms with Crippen LogP contribution in [0.25, 0.3) is 21.8 Å². The highest BCUT2D eigenvalue weighted by atomic mass is 16.4. The van der Waals surface area contributed by atoms with E-state index in [1.54, 1.807) is 6.20 Å². The minimum atomic E-state index is -0.718. The third-order valence-corrected chi connectivity index (χ3v) is 4.53. The number of carboxylic acid groups (broad SMARTS) is 1. The lowest BCUT2D eigenvalue weighted by molar-refractivity contribution is -0.137. The van der Waals surface area contributed by atoms with Gasteiger partial charge >= 0.3 is 5.97 Å². The van der Waals surface area contributed by atoms with Crippen LogP contribution in [-0.2, 0) is 11.2 Å². The highest BCUT2D eigenvalue weighted by Gasteiger charge is 2.11. The number of aromatic nitrogens is 2. The number of nitrogens with two attached hydrogens (primary N) is 1. The smallest absolute Gasteiger partial charge is 0.303 e. The summed E-state index contributed by atoms with van der Waals surface area (Å²) in [5.74, 6) is -0.249. The fourth-order valence-electron chi connectivity index (χ4n) is 3.28. The molecular weight excluding hydrogens is 314 g/mol. The van der Waals surface area contributed by atoms with E-state index >= 15 is 0 Å². The molecule has 0 saturated heterocycles. The van der Waals surface area contributed by atoms with Gasteiger partial charge in [-0.25, -0.2) is 4.98 Å². The maximum Gasteiger partial charge on any atom is 0.303 e. The number of fused-ring (bicyclic) bond motifs is 3.